The summed E-state index contributed by atoms with van der Waals surface area (Å²) in [6.45, 7) is 6.41. The van der Waals surface area contributed by atoms with Gasteiger partial charge in [0.2, 0.25) is 0 Å². The molecule has 1 nitrogen and oxygen atoms in total. The van der Waals surface area contributed by atoms with Gasteiger partial charge in [-0.05, 0) is 31.1 Å². The molecule has 78 valence electrons. The summed E-state index contributed by atoms with van der Waals surface area (Å²) in [6.07, 6.45) is 5.97. The quantitative estimate of drug-likeness (QED) is 0.428. The summed E-state index contributed by atoms with van der Waals surface area (Å²) >= 11 is 3.56. The zero-order chi connectivity index (χ0) is 10.7. The van der Waals surface area contributed by atoms with Crippen LogP contribution in [0.15, 0.2) is 22.2 Å². The fourth-order valence-corrected chi connectivity index (χ4v) is 3.42. The lowest BCUT2D eigenvalue weighted by Gasteiger charge is -2.41. The first-order chi connectivity index (χ1) is 6.61. The average molecular weight is 257 g/mol. The Morgan fingerprint density at radius 2 is 1.93 bits per heavy atom. The highest BCUT2D eigenvalue weighted by atomic mass is 79.9. The maximum absolute atomic E-state index is 10.9. The van der Waals surface area contributed by atoms with E-state index in [-0.39, 0.29) is 0 Å². The number of carbonyl (C=O) groups excluding carboxylic acids is 1. The normalized spacial score (nSPS) is 33.9. The van der Waals surface area contributed by atoms with Crippen molar-refractivity contribution >= 4 is 22.2 Å². The summed E-state index contributed by atoms with van der Waals surface area (Å²) in [5.74, 6) is 1.92. The summed E-state index contributed by atoms with van der Waals surface area (Å²) in [4.78, 5) is 10.9. The van der Waals surface area contributed by atoms with Crippen LogP contribution in [0.3, 0.4) is 0 Å². The Morgan fingerprint density at radius 3 is 2.29 bits per heavy atom. The summed E-state index contributed by atoms with van der Waals surface area (Å²) < 4.78 is 1.08. The van der Waals surface area contributed by atoms with Gasteiger partial charge in [-0.3, -0.25) is 4.79 Å². The van der Waals surface area contributed by atoms with Gasteiger partial charge in [-0.25, -0.2) is 0 Å². The lowest BCUT2D eigenvalue weighted by Crippen LogP contribution is -2.33. The molecule has 0 radical (unpaired) electrons. The third kappa shape index (κ3) is 2.17. The molecule has 1 rings (SSSR count). The van der Waals surface area contributed by atoms with Gasteiger partial charge < -0.3 is 0 Å². The minimum Gasteiger partial charge on any atom is -0.298 e. The Bertz CT molecular complexity index is 270. The molecule has 2 unspecified atom stereocenters. The Labute approximate surface area is 94.4 Å². The van der Waals surface area contributed by atoms with E-state index in [9.17, 15) is 4.79 Å². The molecule has 0 aromatic rings. The summed E-state index contributed by atoms with van der Waals surface area (Å²) in [5.41, 5.74) is 0.788. The van der Waals surface area contributed by atoms with E-state index in [2.05, 4.69) is 29.8 Å². The van der Waals surface area contributed by atoms with Crippen LogP contribution in [0.4, 0.5) is 0 Å². The average Bonchev–Trinajstić information content (AvgIpc) is 2.13. The highest BCUT2D eigenvalue weighted by Crippen LogP contribution is 2.47. The number of hydrogen-bond acceptors (Lipinski definition) is 1. The summed E-state index contributed by atoms with van der Waals surface area (Å²) in [5, 5.41) is 0. The molecule has 1 aliphatic rings. The van der Waals surface area contributed by atoms with Crippen molar-refractivity contribution in [3.05, 3.63) is 22.2 Å². The van der Waals surface area contributed by atoms with Crippen LogP contribution in [0.25, 0.3) is 0 Å². The Balaban J connectivity index is 2.88. The van der Waals surface area contributed by atoms with Gasteiger partial charge >= 0.3 is 0 Å². The molecule has 0 aromatic carbocycles. The standard InChI is InChI=1S/C12H17BrO/c1-4-5-10(7-14)12(13)11-8(2)6-9(11)3/h4-5,7-9,11H,6H2,1-3H3/b5-4-,12-10-. The van der Waals surface area contributed by atoms with Gasteiger partial charge in [0.1, 0.15) is 0 Å². The van der Waals surface area contributed by atoms with Crippen molar-refractivity contribution in [3.63, 3.8) is 0 Å². The zero-order valence-electron chi connectivity index (χ0n) is 8.96. The molecule has 0 bridgehead atoms. The molecule has 14 heavy (non-hydrogen) atoms. The van der Waals surface area contributed by atoms with Crippen molar-refractivity contribution in [2.24, 2.45) is 17.8 Å². The molecular weight excluding hydrogens is 240 g/mol. The predicted molar refractivity (Wildman–Crippen MR) is 63.3 cm³/mol. The van der Waals surface area contributed by atoms with E-state index in [0.717, 1.165) is 16.3 Å². The van der Waals surface area contributed by atoms with Crippen LogP contribution in [0, 0.1) is 17.8 Å². The second kappa shape index (κ2) is 4.92. The molecule has 0 aliphatic heterocycles. The molecular formula is C12H17BrO. The van der Waals surface area contributed by atoms with Crippen molar-refractivity contribution in [1.82, 2.24) is 0 Å². The van der Waals surface area contributed by atoms with E-state index in [1.807, 2.05) is 19.1 Å². The van der Waals surface area contributed by atoms with Crippen molar-refractivity contribution in [2.75, 3.05) is 0 Å². The van der Waals surface area contributed by atoms with Crippen molar-refractivity contribution in [2.45, 2.75) is 27.2 Å². The fraction of sp³-hybridized carbons (Fsp3) is 0.583. The molecule has 0 N–H and O–H groups in total. The molecule has 1 saturated carbocycles. The minimum atomic E-state index is 0.534. The van der Waals surface area contributed by atoms with Gasteiger partial charge in [0.15, 0.2) is 6.29 Å². The first-order valence-corrected chi connectivity index (χ1v) is 5.88. The lowest BCUT2D eigenvalue weighted by molar-refractivity contribution is -0.104. The Morgan fingerprint density at radius 1 is 1.36 bits per heavy atom. The van der Waals surface area contributed by atoms with Gasteiger partial charge in [-0.2, -0.15) is 0 Å². The number of allylic oxidation sites excluding steroid dienone is 4. The van der Waals surface area contributed by atoms with Crippen molar-refractivity contribution < 1.29 is 4.79 Å². The van der Waals surface area contributed by atoms with Crippen LogP contribution in [0.5, 0.6) is 0 Å². The van der Waals surface area contributed by atoms with Crippen LogP contribution in [-0.2, 0) is 4.79 Å². The number of aldehydes is 1. The number of carbonyl (C=O) groups is 1. The number of hydrogen-bond donors (Lipinski definition) is 0. The van der Waals surface area contributed by atoms with Crippen LogP contribution >= 0.6 is 15.9 Å². The van der Waals surface area contributed by atoms with E-state index >= 15 is 0 Å². The van der Waals surface area contributed by atoms with Gasteiger partial charge in [0.25, 0.3) is 0 Å². The third-order valence-corrected chi connectivity index (χ3v) is 4.00. The molecule has 2 atom stereocenters. The third-order valence-electron chi connectivity index (χ3n) is 3.01. The molecule has 0 saturated heterocycles. The van der Waals surface area contributed by atoms with Crippen LogP contribution < -0.4 is 0 Å². The van der Waals surface area contributed by atoms with Gasteiger partial charge in [-0.15, -0.1) is 0 Å². The van der Waals surface area contributed by atoms with E-state index in [4.69, 9.17) is 0 Å². The molecule has 0 heterocycles. The fourth-order valence-electron chi connectivity index (χ4n) is 2.29. The summed E-state index contributed by atoms with van der Waals surface area (Å²) in [7, 11) is 0. The Kier molecular flexibility index (Phi) is 4.11. The maximum Gasteiger partial charge on any atom is 0.150 e. The van der Waals surface area contributed by atoms with Gasteiger partial charge in [0.05, 0.1) is 0 Å². The van der Waals surface area contributed by atoms with Crippen molar-refractivity contribution in [3.8, 4) is 0 Å². The van der Waals surface area contributed by atoms with E-state index in [0.29, 0.717) is 17.8 Å². The maximum atomic E-state index is 10.9. The predicted octanol–water partition coefficient (Wildman–Crippen LogP) is 3.70. The molecule has 0 spiro atoms. The van der Waals surface area contributed by atoms with E-state index < -0.39 is 0 Å². The molecule has 1 fully saturated rings. The minimum absolute atomic E-state index is 0.534. The second-order valence-corrected chi connectivity index (χ2v) is 4.99. The molecule has 2 heteroatoms. The van der Waals surface area contributed by atoms with Crippen LogP contribution in [0.1, 0.15) is 27.2 Å². The molecule has 0 aromatic heterocycles. The van der Waals surface area contributed by atoms with Crippen molar-refractivity contribution in [1.29, 1.82) is 0 Å². The van der Waals surface area contributed by atoms with Gasteiger partial charge in [-0.1, -0.05) is 41.9 Å². The lowest BCUT2D eigenvalue weighted by atomic mass is 9.66. The smallest absolute Gasteiger partial charge is 0.150 e. The molecule has 1 aliphatic carbocycles. The van der Waals surface area contributed by atoms with Gasteiger partial charge in [0, 0.05) is 10.1 Å². The van der Waals surface area contributed by atoms with Crippen LogP contribution in [-0.4, -0.2) is 6.29 Å². The highest BCUT2D eigenvalue weighted by Gasteiger charge is 2.37. The second-order valence-electron chi connectivity index (χ2n) is 4.14. The number of rotatable bonds is 3. The monoisotopic (exact) mass is 256 g/mol. The zero-order valence-corrected chi connectivity index (χ0v) is 10.5. The largest absolute Gasteiger partial charge is 0.298 e. The highest BCUT2D eigenvalue weighted by molar-refractivity contribution is 9.11. The topological polar surface area (TPSA) is 17.1 Å². The first-order valence-electron chi connectivity index (χ1n) is 5.09. The number of halogens is 1. The summed E-state index contributed by atoms with van der Waals surface area (Å²) in [6, 6.07) is 0. The van der Waals surface area contributed by atoms with E-state index in [1.165, 1.54) is 6.42 Å². The first kappa shape index (κ1) is 11.7. The SMILES string of the molecule is C/C=C\C(C=O)=C(\Br)C1C(C)CC1C. The Hall–Kier alpha value is -0.370. The molecule has 0 amide bonds. The van der Waals surface area contributed by atoms with Crippen LogP contribution in [0.2, 0.25) is 0 Å². The van der Waals surface area contributed by atoms with E-state index in [1.54, 1.807) is 0 Å².